The van der Waals surface area contributed by atoms with E-state index in [1.165, 1.54) is 0 Å². The van der Waals surface area contributed by atoms with Gasteiger partial charge in [0.2, 0.25) is 0 Å². The molecule has 0 radical (unpaired) electrons. The van der Waals surface area contributed by atoms with Crippen LogP contribution in [0, 0.1) is 0 Å². The van der Waals surface area contributed by atoms with Crippen molar-refractivity contribution in [2.24, 2.45) is 0 Å². The Bertz CT molecular complexity index is 1880. The summed E-state index contributed by atoms with van der Waals surface area (Å²) in [5.74, 6) is 1.96. The first kappa shape index (κ1) is 23.6. The normalized spacial score (nSPS) is 11.0. The smallest absolute Gasteiger partial charge is 0.164 e. The number of hydrogen-bond acceptors (Lipinski definition) is 4. The summed E-state index contributed by atoms with van der Waals surface area (Å²) in [6.07, 6.45) is 3.70. The zero-order chi connectivity index (χ0) is 26.7. The molecule has 0 bridgehead atoms. The molecule has 5 aromatic carbocycles. The molecule has 188 valence electrons. The maximum atomic E-state index is 4.98. The molecule has 0 N–H and O–H groups in total. The third kappa shape index (κ3) is 4.52. The van der Waals surface area contributed by atoms with E-state index in [4.69, 9.17) is 15.0 Å². The maximum absolute atomic E-state index is 4.98. The van der Waals surface area contributed by atoms with Crippen LogP contribution in [-0.4, -0.2) is 19.9 Å². The van der Waals surface area contributed by atoms with Crippen molar-refractivity contribution >= 4 is 10.8 Å². The molecule has 0 aliphatic carbocycles. The van der Waals surface area contributed by atoms with Gasteiger partial charge in [-0.2, -0.15) is 0 Å². The molecule has 0 fully saturated rings. The average Bonchev–Trinajstić information content (AvgIpc) is 3.05. The molecule has 0 spiro atoms. The van der Waals surface area contributed by atoms with Gasteiger partial charge in [0.1, 0.15) is 0 Å². The Hall–Kier alpha value is -5.48. The maximum Gasteiger partial charge on any atom is 0.164 e. The second kappa shape index (κ2) is 10.4. The van der Waals surface area contributed by atoms with Crippen LogP contribution < -0.4 is 0 Å². The third-order valence-corrected chi connectivity index (χ3v) is 7.03. The van der Waals surface area contributed by atoms with Gasteiger partial charge in [0.05, 0.1) is 0 Å². The SMILES string of the molecule is c1ccc(-c2nc(-c3ccccc3)nc(-c3ccc(-c4cccc(-c5cccnc5)c4)c4ccccc34)n2)cc1. The monoisotopic (exact) mass is 512 g/mol. The summed E-state index contributed by atoms with van der Waals surface area (Å²) in [4.78, 5) is 19.1. The second-order valence-electron chi connectivity index (χ2n) is 9.57. The molecule has 2 aromatic heterocycles. The molecule has 0 amide bonds. The van der Waals surface area contributed by atoms with Crippen molar-refractivity contribution < 1.29 is 0 Å². The van der Waals surface area contributed by atoms with Gasteiger partial charge in [-0.3, -0.25) is 4.98 Å². The van der Waals surface area contributed by atoms with Crippen LogP contribution in [0.1, 0.15) is 0 Å². The standard InChI is InChI=1S/C36H24N4/c1-3-11-25(12-4-1)34-38-35(26-13-5-2-6-14-26)40-36(39-34)33-21-20-30(31-18-7-8-19-32(31)33)28-16-9-15-27(23-28)29-17-10-22-37-24-29/h1-24H. The van der Waals surface area contributed by atoms with Crippen LogP contribution in [0.2, 0.25) is 0 Å². The minimum Gasteiger partial charge on any atom is -0.264 e. The van der Waals surface area contributed by atoms with Crippen molar-refractivity contribution in [2.75, 3.05) is 0 Å². The lowest BCUT2D eigenvalue weighted by Crippen LogP contribution is -2.00. The van der Waals surface area contributed by atoms with Crippen molar-refractivity contribution in [3.8, 4) is 56.4 Å². The van der Waals surface area contributed by atoms with Gasteiger partial charge in [-0.15, -0.1) is 0 Å². The number of aromatic nitrogens is 4. The average molecular weight is 513 g/mol. The summed E-state index contributed by atoms with van der Waals surface area (Å²) in [5, 5.41) is 2.24. The molecule has 0 unspecified atom stereocenters. The fourth-order valence-electron chi connectivity index (χ4n) is 5.07. The molecule has 40 heavy (non-hydrogen) atoms. The van der Waals surface area contributed by atoms with Gasteiger partial charge in [-0.05, 0) is 45.7 Å². The zero-order valence-electron chi connectivity index (χ0n) is 21.6. The molecule has 0 saturated heterocycles. The Morgan fingerprint density at radius 1 is 0.350 bits per heavy atom. The van der Waals surface area contributed by atoms with Crippen LogP contribution in [0.3, 0.4) is 0 Å². The summed E-state index contributed by atoms with van der Waals surface area (Å²) < 4.78 is 0. The van der Waals surface area contributed by atoms with Crippen LogP contribution in [0.15, 0.2) is 146 Å². The van der Waals surface area contributed by atoms with Crippen LogP contribution in [0.25, 0.3) is 67.2 Å². The molecule has 0 atom stereocenters. The lowest BCUT2D eigenvalue weighted by Gasteiger charge is -2.13. The number of benzene rings is 5. The van der Waals surface area contributed by atoms with E-state index in [-0.39, 0.29) is 0 Å². The fraction of sp³-hybridized carbons (Fsp3) is 0. The molecule has 0 saturated carbocycles. The van der Waals surface area contributed by atoms with Gasteiger partial charge < -0.3 is 0 Å². The van der Waals surface area contributed by atoms with E-state index in [2.05, 4.69) is 71.7 Å². The van der Waals surface area contributed by atoms with Crippen LogP contribution in [0.5, 0.6) is 0 Å². The van der Waals surface area contributed by atoms with E-state index in [0.29, 0.717) is 17.5 Å². The second-order valence-corrected chi connectivity index (χ2v) is 9.57. The minimum absolute atomic E-state index is 0.652. The highest BCUT2D eigenvalue weighted by Crippen LogP contribution is 2.36. The minimum atomic E-state index is 0.652. The summed E-state index contributed by atoms with van der Waals surface area (Å²) in [6, 6.07) is 45.6. The van der Waals surface area contributed by atoms with Crippen molar-refractivity contribution in [2.45, 2.75) is 0 Å². The van der Waals surface area contributed by atoms with E-state index in [1.807, 2.05) is 72.9 Å². The third-order valence-electron chi connectivity index (χ3n) is 7.03. The van der Waals surface area contributed by atoms with E-state index in [9.17, 15) is 0 Å². The Kier molecular flexibility index (Phi) is 6.11. The summed E-state index contributed by atoms with van der Waals surface area (Å²) in [7, 11) is 0. The molecule has 7 rings (SSSR count). The predicted octanol–water partition coefficient (Wildman–Crippen LogP) is 8.75. The molecule has 0 aliphatic rings. The predicted molar refractivity (Wildman–Crippen MR) is 162 cm³/mol. The number of rotatable bonds is 5. The first-order chi connectivity index (χ1) is 19.8. The highest BCUT2D eigenvalue weighted by molar-refractivity contribution is 6.04. The van der Waals surface area contributed by atoms with Crippen molar-refractivity contribution in [1.29, 1.82) is 0 Å². The molecule has 2 heterocycles. The lowest BCUT2D eigenvalue weighted by molar-refractivity contribution is 1.08. The van der Waals surface area contributed by atoms with Crippen LogP contribution in [0.4, 0.5) is 0 Å². The summed E-state index contributed by atoms with van der Waals surface area (Å²) in [5.41, 5.74) is 7.42. The van der Waals surface area contributed by atoms with Crippen LogP contribution in [-0.2, 0) is 0 Å². The van der Waals surface area contributed by atoms with Gasteiger partial charge in [0.25, 0.3) is 0 Å². The number of fused-ring (bicyclic) bond motifs is 1. The van der Waals surface area contributed by atoms with E-state index in [0.717, 1.165) is 49.7 Å². The van der Waals surface area contributed by atoms with E-state index in [1.54, 1.807) is 6.20 Å². The van der Waals surface area contributed by atoms with E-state index < -0.39 is 0 Å². The quantitative estimate of drug-likeness (QED) is 0.231. The molecular weight excluding hydrogens is 488 g/mol. The zero-order valence-corrected chi connectivity index (χ0v) is 21.6. The number of nitrogens with zero attached hydrogens (tertiary/aromatic N) is 4. The van der Waals surface area contributed by atoms with Crippen molar-refractivity contribution in [3.05, 3.63) is 146 Å². The van der Waals surface area contributed by atoms with Gasteiger partial charge in [0.15, 0.2) is 17.5 Å². The molecular formula is C36H24N4. The number of pyridine rings is 1. The fourth-order valence-corrected chi connectivity index (χ4v) is 5.07. The molecule has 4 heteroatoms. The summed E-state index contributed by atoms with van der Waals surface area (Å²) >= 11 is 0. The Morgan fingerprint density at radius 3 is 1.52 bits per heavy atom. The molecule has 4 nitrogen and oxygen atoms in total. The van der Waals surface area contributed by atoms with Gasteiger partial charge in [0, 0.05) is 34.6 Å². The van der Waals surface area contributed by atoms with Gasteiger partial charge >= 0.3 is 0 Å². The van der Waals surface area contributed by atoms with E-state index >= 15 is 0 Å². The van der Waals surface area contributed by atoms with Crippen LogP contribution >= 0.6 is 0 Å². The highest BCUT2D eigenvalue weighted by Gasteiger charge is 2.16. The first-order valence-electron chi connectivity index (χ1n) is 13.2. The largest absolute Gasteiger partial charge is 0.264 e. The first-order valence-corrected chi connectivity index (χ1v) is 13.2. The topological polar surface area (TPSA) is 51.6 Å². The Balaban J connectivity index is 1.41. The van der Waals surface area contributed by atoms with Gasteiger partial charge in [-0.25, -0.2) is 15.0 Å². The molecule has 7 aromatic rings. The van der Waals surface area contributed by atoms with Crippen molar-refractivity contribution in [1.82, 2.24) is 19.9 Å². The Morgan fingerprint density at radius 2 is 0.875 bits per heavy atom. The molecule has 0 aliphatic heterocycles. The Labute approximate surface area is 232 Å². The lowest BCUT2D eigenvalue weighted by atomic mass is 9.93. The summed E-state index contributed by atoms with van der Waals surface area (Å²) in [6.45, 7) is 0. The van der Waals surface area contributed by atoms with Crippen molar-refractivity contribution in [3.63, 3.8) is 0 Å². The van der Waals surface area contributed by atoms with Gasteiger partial charge in [-0.1, -0.05) is 115 Å². The number of hydrogen-bond donors (Lipinski definition) is 0. The highest BCUT2D eigenvalue weighted by atomic mass is 15.0.